The molecule has 1 aliphatic rings. The van der Waals surface area contributed by atoms with E-state index in [0.29, 0.717) is 18.5 Å². The van der Waals surface area contributed by atoms with Crippen LogP contribution in [0.4, 0.5) is 10.5 Å². The molecule has 4 rings (SSSR count). The summed E-state index contributed by atoms with van der Waals surface area (Å²) in [6.45, 7) is 9.03. The summed E-state index contributed by atoms with van der Waals surface area (Å²) in [6, 6.07) is 15.2. The van der Waals surface area contributed by atoms with Crippen molar-refractivity contribution in [2.45, 2.75) is 59.0 Å². The lowest BCUT2D eigenvalue weighted by molar-refractivity contribution is 0.0292. The van der Waals surface area contributed by atoms with Crippen LogP contribution in [0.2, 0.25) is 0 Å². The van der Waals surface area contributed by atoms with Gasteiger partial charge in [0.1, 0.15) is 11.4 Å². The van der Waals surface area contributed by atoms with E-state index in [4.69, 9.17) is 9.72 Å². The molecule has 1 aromatic heterocycles. The topological polar surface area (TPSA) is 76.8 Å². The van der Waals surface area contributed by atoms with E-state index in [9.17, 15) is 9.59 Å². The van der Waals surface area contributed by atoms with Gasteiger partial charge in [0.25, 0.3) is 5.56 Å². The van der Waals surface area contributed by atoms with Crippen molar-refractivity contribution in [3.05, 3.63) is 64.7 Å². The number of aryl methyl sites for hydroxylation is 1. The quantitative estimate of drug-likeness (QED) is 0.430. The molecule has 1 aliphatic heterocycles. The molecule has 35 heavy (non-hydrogen) atoms. The number of rotatable bonds is 6. The Morgan fingerprint density at radius 2 is 1.91 bits per heavy atom. The van der Waals surface area contributed by atoms with Crippen LogP contribution in [0.25, 0.3) is 16.6 Å². The lowest BCUT2D eigenvalue weighted by Gasteiger charge is -2.24. The van der Waals surface area contributed by atoms with Crippen LogP contribution < -0.4 is 5.56 Å². The van der Waals surface area contributed by atoms with Gasteiger partial charge in [0.05, 0.1) is 22.3 Å². The zero-order valence-corrected chi connectivity index (χ0v) is 21.0. The predicted octanol–water partition coefficient (Wildman–Crippen LogP) is 5.69. The molecule has 184 valence electrons. The van der Waals surface area contributed by atoms with Gasteiger partial charge in [0.15, 0.2) is 0 Å². The molecule has 2 aromatic carbocycles. The molecule has 7 nitrogen and oxygen atoms in total. The number of unbranched alkanes of at least 4 members (excludes halogenated alkanes) is 1. The Balaban J connectivity index is 1.51. The first-order valence-corrected chi connectivity index (χ1v) is 12.4. The second kappa shape index (κ2) is 10.4. The maximum Gasteiger partial charge on any atom is 0.410 e. The number of hydrogen-bond acceptors (Lipinski definition) is 5. The van der Waals surface area contributed by atoms with Gasteiger partial charge in [-0.15, -0.1) is 0 Å². The summed E-state index contributed by atoms with van der Waals surface area (Å²) in [5, 5.41) is 0.616. The van der Waals surface area contributed by atoms with Gasteiger partial charge in [0, 0.05) is 31.6 Å². The first-order valence-electron chi connectivity index (χ1n) is 12.4. The zero-order chi connectivity index (χ0) is 25.0. The van der Waals surface area contributed by atoms with Gasteiger partial charge in [-0.2, -0.15) is 0 Å². The Labute approximate surface area is 206 Å². The second-order valence-corrected chi connectivity index (χ2v) is 10.1. The monoisotopic (exact) mass is 474 g/mol. The number of hydrogen-bond donors (Lipinski definition) is 0. The van der Waals surface area contributed by atoms with Crippen LogP contribution >= 0.6 is 0 Å². The Morgan fingerprint density at radius 1 is 1.17 bits per heavy atom. The van der Waals surface area contributed by atoms with E-state index in [1.807, 2.05) is 75.5 Å². The number of ether oxygens (including phenoxy) is 1. The molecule has 0 radical (unpaired) electrons. The molecule has 0 spiro atoms. The van der Waals surface area contributed by atoms with Gasteiger partial charge in [0.2, 0.25) is 0 Å². The average Bonchev–Trinajstić information content (AvgIpc) is 3.30. The number of carbonyl (C=O) groups is 1. The molecule has 1 unspecified atom stereocenters. The van der Waals surface area contributed by atoms with Crippen molar-refractivity contribution in [1.82, 2.24) is 14.5 Å². The third-order valence-electron chi connectivity index (χ3n) is 6.02. The van der Waals surface area contributed by atoms with Crippen LogP contribution in [-0.2, 0) is 11.2 Å². The summed E-state index contributed by atoms with van der Waals surface area (Å²) in [4.78, 5) is 36.8. The lowest BCUT2D eigenvalue weighted by atomic mass is 10.1. The van der Waals surface area contributed by atoms with E-state index in [1.165, 1.54) is 0 Å². The van der Waals surface area contributed by atoms with E-state index >= 15 is 0 Å². The van der Waals surface area contributed by atoms with Crippen LogP contribution in [-0.4, -0.2) is 45.4 Å². The number of aromatic nitrogens is 2. The fourth-order valence-corrected chi connectivity index (χ4v) is 4.23. The summed E-state index contributed by atoms with van der Waals surface area (Å²) in [7, 11) is 0. The summed E-state index contributed by atoms with van der Waals surface area (Å²) in [5.41, 5.74) is 1.78. The Kier molecular flexibility index (Phi) is 7.34. The van der Waals surface area contributed by atoms with Crippen LogP contribution in [0.5, 0.6) is 0 Å². The number of aliphatic imine (C=N–C) groups is 1. The Hall–Kier alpha value is -3.48. The van der Waals surface area contributed by atoms with Crippen molar-refractivity contribution in [2.75, 3.05) is 13.1 Å². The fraction of sp³-hybridized carbons (Fsp3) is 0.429. The minimum atomic E-state index is -0.496. The lowest BCUT2D eigenvalue weighted by Crippen LogP contribution is -2.35. The maximum absolute atomic E-state index is 13.3. The molecule has 1 saturated heterocycles. The van der Waals surface area contributed by atoms with Crippen molar-refractivity contribution in [3.8, 4) is 5.69 Å². The van der Waals surface area contributed by atoms with Gasteiger partial charge < -0.3 is 9.64 Å². The molecule has 1 fully saturated rings. The summed E-state index contributed by atoms with van der Waals surface area (Å²) >= 11 is 0. The number of carbonyl (C=O) groups excluding carboxylic acids is 1. The number of fused-ring (bicyclic) bond motifs is 1. The molecule has 0 aliphatic carbocycles. The molecule has 3 aromatic rings. The molecule has 0 N–H and O–H groups in total. The van der Waals surface area contributed by atoms with Crippen molar-refractivity contribution in [1.29, 1.82) is 0 Å². The Bertz CT molecular complexity index is 1270. The van der Waals surface area contributed by atoms with Gasteiger partial charge in [-0.25, -0.2) is 9.78 Å². The van der Waals surface area contributed by atoms with Crippen LogP contribution in [0.3, 0.4) is 0 Å². The molecular formula is C28H34N4O3. The van der Waals surface area contributed by atoms with Gasteiger partial charge >= 0.3 is 6.09 Å². The molecule has 0 saturated carbocycles. The largest absolute Gasteiger partial charge is 0.444 e. The first kappa shape index (κ1) is 24.6. The molecular weight excluding hydrogens is 440 g/mol. The highest BCUT2D eigenvalue weighted by Gasteiger charge is 2.28. The van der Waals surface area contributed by atoms with E-state index in [-0.39, 0.29) is 17.6 Å². The average molecular weight is 475 g/mol. The van der Waals surface area contributed by atoms with Gasteiger partial charge in [-0.05, 0) is 70.0 Å². The van der Waals surface area contributed by atoms with Crippen LogP contribution in [0, 0.1) is 5.92 Å². The standard InChI is InChI=1S/C28H34N4O3/c1-5-6-11-25-30-24-10-8-7-9-23(24)26(33)32(25)22-14-12-21(13-15-22)29-18-20-16-17-31(19-20)27(34)35-28(2,3)4/h7-10,12-15,18,20H,5-6,11,16-17,19H2,1-4H3. The second-order valence-electron chi connectivity index (χ2n) is 10.1. The summed E-state index contributed by atoms with van der Waals surface area (Å²) < 4.78 is 7.19. The first-order chi connectivity index (χ1) is 16.7. The van der Waals surface area contributed by atoms with Crippen molar-refractivity contribution in [3.63, 3.8) is 0 Å². The highest BCUT2D eigenvalue weighted by Crippen LogP contribution is 2.21. The van der Waals surface area contributed by atoms with E-state index < -0.39 is 5.60 Å². The number of amides is 1. The summed E-state index contributed by atoms with van der Waals surface area (Å²) in [6.07, 6.45) is 5.24. The molecule has 1 atom stereocenters. The van der Waals surface area contributed by atoms with E-state index in [1.54, 1.807) is 9.47 Å². The predicted molar refractivity (Wildman–Crippen MR) is 140 cm³/mol. The third-order valence-corrected chi connectivity index (χ3v) is 6.02. The Morgan fingerprint density at radius 3 is 2.63 bits per heavy atom. The highest BCUT2D eigenvalue weighted by molar-refractivity contribution is 5.78. The van der Waals surface area contributed by atoms with Gasteiger partial charge in [-0.3, -0.25) is 14.4 Å². The molecule has 0 bridgehead atoms. The normalized spacial score (nSPS) is 16.3. The summed E-state index contributed by atoms with van der Waals surface area (Å²) in [5.74, 6) is 0.968. The minimum absolute atomic E-state index is 0.0499. The van der Waals surface area contributed by atoms with Crippen molar-refractivity contribution in [2.24, 2.45) is 10.9 Å². The number of para-hydroxylation sites is 1. The smallest absolute Gasteiger partial charge is 0.410 e. The fourth-order valence-electron chi connectivity index (χ4n) is 4.23. The highest BCUT2D eigenvalue weighted by atomic mass is 16.6. The number of likely N-dealkylation sites (tertiary alicyclic amines) is 1. The third kappa shape index (κ3) is 5.96. The van der Waals surface area contributed by atoms with Crippen molar-refractivity contribution < 1.29 is 9.53 Å². The molecule has 2 heterocycles. The maximum atomic E-state index is 13.3. The number of benzene rings is 2. The minimum Gasteiger partial charge on any atom is -0.444 e. The molecule has 1 amide bonds. The van der Waals surface area contributed by atoms with Crippen LogP contribution in [0.1, 0.15) is 52.8 Å². The number of nitrogens with zero attached hydrogens (tertiary/aromatic N) is 4. The SMILES string of the molecule is CCCCc1nc2ccccc2c(=O)n1-c1ccc(N=CC2CCN(C(=O)OC(C)(C)C)C2)cc1. The zero-order valence-electron chi connectivity index (χ0n) is 21.0. The van der Waals surface area contributed by atoms with E-state index in [0.717, 1.165) is 48.4 Å². The molecule has 7 heteroatoms. The van der Waals surface area contributed by atoms with Crippen LogP contribution in [0.15, 0.2) is 58.3 Å². The van der Waals surface area contributed by atoms with Crippen molar-refractivity contribution >= 4 is 28.9 Å². The van der Waals surface area contributed by atoms with Gasteiger partial charge in [-0.1, -0.05) is 25.5 Å². The van der Waals surface area contributed by atoms with E-state index in [2.05, 4.69) is 11.9 Å².